The molecule has 0 aliphatic carbocycles. The highest BCUT2D eigenvalue weighted by Crippen LogP contribution is 2.37. The molecule has 1 aromatic carbocycles. The van der Waals surface area contributed by atoms with Gasteiger partial charge in [0, 0.05) is 0 Å². The average Bonchev–Trinajstić information content (AvgIpc) is 2.78. The highest BCUT2D eigenvalue weighted by atomic mass is 79.9. The first-order chi connectivity index (χ1) is 8.61. The van der Waals surface area contributed by atoms with Gasteiger partial charge >= 0.3 is 0 Å². The lowest BCUT2D eigenvalue weighted by molar-refractivity contribution is 0.0533. The molecule has 2 rings (SSSR count). The van der Waals surface area contributed by atoms with Crippen molar-refractivity contribution in [2.75, 3.05) is 6.61 Å². The van der Waals surface area contributed by atoms with Crippen LogP contribution in [0, 0.1) is 0 Å². The fourth-order valence-electron chi connectivity index (χ4n) is 2.22. The second-order valence-corrected chi connectivity index (χ2v) is 5.91. The van der Waals surface area contributed by atoms with Gasteiger partial charge in [-0.15, -0.1) is 11.6 Å². The minimum absolute atomic E-state index is 0.0954. The molecule has 0 amide bonds. The van der Waals surface area contributed by atoms with Gasteiger partial charge in [0.15, 0.2) is 0 Å². The van der Waals surface area contributed by atoms with E-state index in [9.17, 15) is 0 Å². The summed E-state index contributed by atoms with van der Waals surface area (Å²) in [6.07, 6.45) is 2.56. The van der Waals surface area contributed by atoms with Crippen LogP contribution in [0.1, 0.15) is 37.6 Å². The van der Waals surface area contributed by atoms with Crippen LogP contribution in [-0.2, 0) is 4.74 Å². The number of halogens is 2. The van der Waals surface area contributed by atoms with Gasteiger partial charge in [-0.2, -0.15) is 0 Å². The maximum absolute atomic E-state index is 6.49. The molecule has 4 heteroatoms. The molecule has 1 aliphatic rings. The first-order valence-electron chi connectivity index (χ1n) is 6.33. The lowest BCUT2D eigenvalue weighted by atomic mass is 10.0. The Hall–Kier alpha value is -0.250. The van der Waals surface area contributed by atoms with Crippen LogP contribution >= 0.6 is 27.5 Å². The molecule has 0 radical (unpaired) electrons. The Morgan fingerprint density at radius 3 is 2.83 bits per heavy atom. The SMILES string of the molecule is CCOc1ccc(C(Cl)C2CCC(C)O2)cc1Br. The normalized spacial score (nSPS) is 25.1. The molecule has 100 valence electrons. The number of hydrogen-bond acceptors (Lipinski definition) is 2. The van der Waals surface area contributed by atoms with Crippen LogP contribution in [0.15, 0.2) is 22.7 Å². The Bertz CT molecular complexity index is 411. The first kappa shape index (κ1) is 14.2. The largest absolute Gasteiger partial charge is 0.493 e. The van der Waals surface area contributed by atoms with E-state index in [-0.39, 0.29) is 11.5 Å². The molecule has 1 saturated heterocycles. The van der Waals surface area contributed by atoms with Gasteiger partial charge in [0.2, 0.25) is 0 Å². The third kappa shape index (κ3) is 3.19. The van der Waals surface area contributed by atoms with E-state index < -0.39 is 0 Å². The van der Waals surface area contributed by atoms with Crippen molar-refractivity contribution in [3.63, 3.8) is 0 Å². The maximum Gasteiger partial charge on any atom is 0.133 e. The molecule has 18 heavy (non-hydrogen) atoms. The molecule has 1 heterocycles. The molecule has 0 spiro atoms. The van der Waals surface area contributed by atoms with Crippen LogP contribution in [0.5, 0.6) is 5.75 Å². The molecule has 1 aromatic rings. The standard InChI is InChI=1S/C14H18BrClO2/c1-3-17-12-7-5-10(8-11(12)15)14(16)13-6-4-9(2)18-13/h5,7-9,13-14H,3-4,6H2,1-2H3. The number of rotatable bonds is 4. The summed E-state index contributed by atoms with van der Waals surface area (Å²) in [5.41, 5.74) is 1.08. The van der Waals surface area contributed by atoms with Crippen molar-refractivity contribution in [3.05, 3.63) is 28.2 Å². The van der Waals surface area contributed by atoms with Crippen LogP contribution in [0.2, 0.25) is 0 Å². The zero-order valence-electron chi connectivity index (χ0n) is 10.7. The second kappa shape index (κ2) is 6.27. The quantitative estimate of drug-likeness (QED) is 0.744. The van der Waals surface area contributed by atoms with Crippen LogP contribution in [-0.4, -0.2) is 18.8 Å². The zero-order chi connectivity index (χ0) is 13.1. The van der Waals surface area contributed by atoms with Crippen molar-refractivity contribution in [3.8, 4) is 5.75 Å². The summed E-state index contributed by atoms with van der Waals surface area (Å²) in [6, 6.07) is 5.99. The third-order valence-corrected chi connectivity index (χ3v) is 4.32. The Kier molecular flexibility index (Phi) is 4.93. The predicted octanol–water partition coefficient (Wildman–Crippen LogP) is 4.70. The summed E-state index contributed by atoms with van der Waals surface area (Å²) < 4.78 is 12.3. The monoisotopic (exact) mass is 332 g/mol. The van der Waals surface area contributed by atoms with E-state index in [0.717, 1.165) is 28.6 Å². The smallest absolute Gasteiger partial charge is 0.133 e. The van der Waals surface area contributed by atoms with E-state index in [1.54, 1.807) is 0 Å². The molecule has 0 N–H and O–H groups in total. The topological polar surface area (TPSA) is 18.5 Å². The maximum atomic E-state index is 6.49. The summed E-state index contributed by atoms with van der Waals surface area (Å²) >= 11 is 10.0. The molecular formula is C14H18BrClO2. The van der Waals surface area contributed by atoms with Gasteiger partial charge in [0.05, 0.1) is 28.7 Å². The minimum Gasteiger partial charge on any atom is -0.493 e. The fraction of sp³-hybridized carbons (Fsp3) is 0.571. The summed E-state index contributed by atoms with van der Waals surface area (Å²) in [5, 5.41) is -0.0954. The van der Waals surface area contributed by atoms with E-state index in [0.29, 0.717) is 12.7 Å². The second-order valence-electron chi connectivity index (χ2n) is 4.59. The van der Waals surface area contributed by atoms with E-state index in [2.05, 4.69) is 22.9 Å². The van der Waals surface area contributed by atoms with Crippen LogP contribution < -0.4 is 4.74 Å². The summed E-state index contributed by atoms with van der Waals surface area (Å²) in [5.74, 6) is 0.853. The van der Waals surface area contributed by atoms with Crippen molar-refractivity contribution >= 4 is 27.5 Å². The Morgan fingerprint density at radius 2 is 2.28 bits per heavy atom. The van der Waals surface area contributed by atoms with E-state index >= 15 is 0 Å². The van der Waals surface area contributed by atoms with Crippen molar-refractivity contribution in [2.45, 2.75) is 44.3 Å². The molecule has 3 atom stereocenters. The zero-order valence-corrected chi connectivity index (χ0v) is 13.0. The molecule has 3 unspecified atom stereocenters. The van der Waals surface area contributed by atoms with Gasteiger partial charge < -0.3 is 9.47 Å². The average molecular weight is 334 g/mol. The Morgan fingerprint density at radius 1 is 1.50 bits per heavy atom. The van der Waals surface area contributed by atoms with Gasteiger partial charge in [-0.3, -0.25) is 0 Å². The highest BCUT2D eigenvalue weighted by Gasteiger charge is 2.29. The molecule has 0 bridgehead atoms. The first-order valence-corrected chi connectivity index (χ1v) is 7.56. The van der Waals surface area contributed by atoms with Crippen LogP contribution in [0.3, 0.4) is 0 Å². The predicted molar refractivity (Wildman–Crippen MR) is 77.5 cm³/mol. The lowest BCUT2D eigenvalue weighted by Gasteiger charge is -2.18. The van der Waals surface area contributed by atoms with Crippen LogP contribution in [0.25, 0.3) is 0 Å². The van der Waals surface area contributed by atoms with Gasteiger partial charge in [-0.25, -0.2) is 0 Å². The van der Waals surface area contributed by atoms with Gasteiger partial charge in [-0.05, 0) is 60.3 Å². The third-order valence-electron chi connectivity index (χ3n) is 3.17. The van der Waals surface area contributed by atoms with Crippen molar-refractivity contribution in [1.29, 1.82) is 0 Å². The summed E-state index contributed by atoms with van der Waals surface area (Å²) in [7, 11) is 0. The number of hydrogen-bond donors (Lipinski definition) is 0. The van der Waals surface area contributed by atoms with Gasteiger partial charge in [-0.1, -0.05) is 6.07 Å². The molecule has 1 fully saturated rings. The Labute approximate surface area is 122 Å². The van der Waals surface area contributed by atoms with E-state index in [4.69, 9.17) is 21.1 Å². The highest BCUT2D eigenvalue weighted by molar-refractivity contribution is 9.10. The van der Waals surface area contributed by atoms with Crippen molar-refractivity contribution < 1.29 is 9.47 Å². The molecule has 0 aromatic heterocycles. The lowest BCUT2D eigenvalue weighted by Crippen LogP contribution is -2.14. The molecular weight excluding hydrogens is 316 g/mol. The van der Waals surface area contributed by atoms with Crippen LogP contribution in [0.4, 0.5) is 0 Å². The van der Waals surface area contributed by atoms with Gasteiger partial charge in [0.25, 0.3) is 0 Å². The summed E-state index contributed by atoms with van der Waals surface area (Å²) in [4.78, 5) is 0. The van der Waals surface area contributed by atoms with E-state index in [1.165, 1.54) is 0 Å². The number of benzene rings is 1. The summed E-state index contributed by atoms with van der Waals surface area (Å²) in [6.45, 7) is 4.72. The van der Waals surface area contributed by atoms with Gasteiger partial charge in [0.1, 0.15) is 5.75 Å². The molecule has 1 aliphatic heterocycles. The Balaban J connectivity index is 2.11. The molecule has 0 saturated carbocycles. The minimum atomic E-state index is -0.0954. The van der Waals surface area contributed by atoms with Crippen molar-refractivity contribution in [2.24, 2.45) is 0 Å². The number of alkyl halides is 1. The van der Waals surface area contributed by atoms with Crippen molar-refractivity contribution in [1.82, 2.24) is 0 Å². The molecule has 2 nitrogen and oxygen atoms in total. The van der Waals surface area contributed by atoms with E-state index in [1.807, 2.05) is 25.1 Å². The number of ether oxygens (including phenoxy) is 2. The fourth-order valence-corrected chi connectivity index (χ4v) is 3.06.